The van der Waals surface area contributed by atoms with E-state index in [-0.39, 0.29) is 0 Å². The van der Waals surface area contributed by atoms with Crippen molar-refractivity contribution in [1.82, 2.24) is 0 Å². The zero-order chi connectivity index (χ0) is 14.2. The third kappa shape index (κ3) is 4.95. The molecule has 0 heterocycles. The van der Waals surface area contributed by atoms with E-state index >= 15 is 0 Å². The maximum Gasteiger partial charge on any atom is 0.123 e. The molecule has 0 spiro atoms. The van der Waals surface area contributed by atoms with E-state index in [4.69, 9.17) is 10.5 Å². The summed E-state index contributed by atoms with van der Waals surface area (Å²) < 4.78 is 5.69. The van der Waals surface area contributed by atoms with Crippen LogP contribution >= 0.6 is 0 Å². The van der Waals surface area contributed by atoms with Gasteiger partial charge in [0.05, 0.1) is 6.61 Å². The standard InChI is InChI=1S/C17H28N2O/c1-2-10-20-17-12-14(18)11-16(13-17)19-15-8-6-4-3-5-7-9-15/h11-13,15,19H,2-10,18H2,1H3. The number of benzene rings is 1. The highest BCUT2D eigenvalue weighted by Crippen LogP contribution is 2.26. The van der Waals surface area contributed by atoms with Crippen molar-refractivity contribution in [3.05, 3.63) is 18.2 Å². The van der Waals surface area contributed by atoms with Crippen LogP contribution < -0.4 is 15.8 Å². The summed E-state index contributed by atoms with van der Waals surface area (Å²) >= 11 is 0. The van der Waals surface area contributed by atoms with Crippen LogP contribution in [0.5, 0.6) is 5.75 Å². The largest absolute Gasteiger partial charge is 0.493 e. The summed E-state index contributed by atoms with van der Waals surface area (Å²) in [4.78, 5) is 0. The van der Waals surface area contributed by atoms with Gasteiger partial charge < -0.3 is 15.8 Å². The van der Waals surface area contributed by atoms with Crippen LogP contribution in [-0.4, -0.2) is 12.6 Å². The molecule has 20 heavy (non-hydrogen) atoms. The summed E-state index contributed by atoms with van der Waals surface area (Å²) in [7, 11) is 0. The summed E-state index contributed by atoms with van der Waals surface area (Å²) in [6.07, 6.45) is 10.4. The SMILES string of the molecule is CCCOc1cc(N)cc(NC2CCCCCCC2)c1. The minimum absolute atomic E-state index is 0.580. The normalized spacial score (nSPS) is 17.2. The first-order valence-corrected chi connectivity index (χ1v) is 8.08. The third-order valence-electron chi connectivity index (χ3n) is 3.88. The maximum absolute atomic E-state index is 5.97. The van der Waals surface area contributed by atoms with Crippen LogP contribution in [-0.2, 0) is 0 Å². The van der Waals surface area contributed by atoms with Crippen LogP contribution in [0, 0.1) is 0 Å². The quantitative estimate of drug-likeness (QED) is 0.774. The molecule has 3 heteroatoms. The van der Waals surface area contributed by atoms with E-state index < -0.39 is 0 Å². The number of hydrogen-bond donors (Lipinski definition) is 2. The van der Waals surface area contributed by atoms with E-state index in [0.29, 0.717) is 6.04 Å². The van der Waals surface area contributed by atoms with Crippen molar-refractivity contribution >= 4 is 11.4 Å². The lowest BCUT2D eigenvalue weighted by atomic mass is 9.96. The second-order valence-corrected chi connectivity index (χ2v) is 5.83. The number of ether oxygens (including phenoxy) is 1. The molecular weight excluding hydrogens is 248 g/mol. The average Bonchev–Trinajstić information content (AvgIpc) is 2.39. The summed E-state index contributed by atoms with van der Waals surface area (Å²) in [5, 5.41) is 3.65. The molecule has 1 fully saturated rings. The van der Waals surface area contributed by atoms with Crippen LogP contribution in [0.3, 0.4) is 0 Å². The van der Waals surface area contributed by atoms with Crippen LogP contribution in [0.4, 0.5) is 11.4 Å². The van der Waals surface area contributed by atoms with E-state index in [1.807, 2.05) is 12.1 Å². The van der Waals surface area contributed by atoms with E-state index in [2.05, 4.69) is 18.3 Å². The van der Waals surface area contributed by atoms with Gasteiger partial charge in [0.1, 0.15) is 5.75 Å². The molecule has 0 radical (unpaired) electrons. The Balaban J connectivity index is 1.97. The Labute approximate surface area is 122 Å². The first-order valence-electron chi connectivity index (χ1n) is 8.08. The molecule has 1 saturated carbocycles. The Morgan fingerprint density at radius 2 is 1.80 bits per heavy atom. The van der Waals surface area contributed by atoms with Gasteiger partial charge in [-0.15, -0.1) is 0 Å². The molecule has 0 aliphatic heterocycles. The smallest absolute Gasteiger partial charge is 0.123 e. The van der Waals surface area contributed by atoms with Crippen molar-refractivity contribution in [2.45, 2.75) is 64.3 Å². The third-order valence-corrected chi connectivity index (χ3v) is 3.88. The van der Waals surface area contributed by atoms with Gasteiger partial charge in [-0.1, -0.05) is 39.0 Å². The van der Waals surface area contributed by atoms with Gasteiger partial charge in [-0.2, -0.15) is 0 Å². The molecular formula is C17H28N2O. The van der Waals surface area contributed by atoms with E-state index in [9.17, 15) is 0 Å². The van der Waals surface area contributed by atoms with Gasteiger partial charge in [0.2, 0.25) is 0 Å². The topological polar surface area (TPSA) is 47.3 Å². The lowest BCUT2D eigenvalue weighted by Crippen LogP contribution is -2.20. The first-order chi connectivity index (χ1) is 9.78. The van der Waals surface area contributed by atoms with Gasteiger partial charge in [-0.25, -0.2) is 0 Å². The average molecular weight is 276 g/mol. The Morgan fingerprint density at radius 1 is 1.10 bits per heavy atom. The van der Waals surface area contributed by atoms with Gasteiger partial charge >= 0.3 is 0 Å². The molecule has 0 atom stereocenters. The van der Waals surface area contributed by atoms with Gasteiger partial charge in [-0.3, -0.25) is 0 Å². The second kappa shape index (κ2) is 8.03. The van der Waals surface area contributed by atoms with E-state index in [1.165, 1.54) is 44.9 Å². The number of hydrogen-bond acceptors (Lipinski definition) is 3. The Bertz CT molecular complexity index is 398. The lowest BCUT2D eigenvalue weighted by molar-refractivity contribution is 0.317. The molecule has 1 aromatic carbocycles. The summed E-state index contributed by atoms with van der Waals surface area (Å²) in [5.41, 5.74) is 7.84. The number of rotatable bonds is 5. The molecule has 0 unspecified atom stereocenters. The molecule has 0 aromatic heterocycles. The number of nitrogen functional groups attached to an aromatic ring is 1. The molecule has 0 amide bonds. The Kier molecular flexibility index (Phi) is 6.03. The van der Waals surface area contributed by atoms with E-state index in [1.54, 1.807) is 0 Å². The Hall–Kier alpha value is -1.38. The van der Waals surface area contributed by atoms with E-state index in [0.717, 1.165) is 30.2 Å². The van der Waals surface area contributed by atoms with Crippen LogP contribution in [0.1, 0.15) is 58.3 Å². The molecule has 3 N–H and O–H groups in total. The van der Waals surface area contributed by atoms with Crippen LogP contribution in [0.25, 0.3) is 0 Å². The highest BCUT2D eigenvalue weighted by atomic mass is 16.5. The summed E-state index contributed by atoms with van der Waals surface area (Å²) in [6, 6.07) is 6.57. The van der Waals surface area contributed by atoms with Gasteiger partial charge in [0.15, 0.2) is 0 Å². The fourth-order valence-corrected chi connectivity index (χ4v) is 2.84. The number of nitrogens with one attached hydrogen (secondary N) is 1. The fraction of sp³-hybridized carbons (Fsp3) is 0.647. The zero-order valence-corrected chi connectivity index (χ0v) is 12.7. The second-order valence-electron chi connectivity index (χ2n) is 5.83. The van der Waals surface area contributed by atoms with Crippen LogP contribution in [0.15, 0.2) is 18.2 Å². The fourth-order valence-electron chi connectivity index (χ4n) is 2.84. The zero-order valence-electron chi connectivity index (χ0n) is 12.7. The molecule has 1 aliphatic rings. The molecule has 1 aromatic rings. The number of nitrogens with two attached hydrogens (primary N) is 1. The highest BCUT2D eigenvalue weighted by molar-refractivity contribution is 5.59. The van der Waals surface area contributed by atoms with Gasteiger partial charge in [0, 0.05) is 29.5 Å². The monoisotopic (exact) mass is 276 g/mol. The van der Waals surface area contributed by atoms with Crippen molar-refractivity contribution in [2.75, 3.05) is 17.7 Å². The molecule has 0 saturated heterocycles. The predicted molar refractivity (Wildman–Crippen MR) is 86.4 cm³/mol. The minimum Gasteiger partial charge on any atom is -0.493 e. The summed E-state index contributed by atoms with van der Waals surface area (Å²) in [5.74, 6) is 0.875. The van der Waals surface area contributed by atoms with Crippen molar-refractivity contribution in [3.8, 4) is 5.75 Å². The minimum atomic E-state index is 0.580. The molecule has 3 nitrogen and oxygen atoms in total. The predicted octanol–water partition coefficient (Wildman–Crippen LogP) is 4.58. The Morgan fingerprint density at radius 3 is 2.50 bits per heavy atom. The van der Waals surface area contributed by atoms with Crippen molar-refractivity contribution in [3.63, 3.8) is 0 Å². The van der Waals surface area contributed by atoms with Gasteiger partial charge in [0.25, 0.3) is 0 Å². The maximum atomic E-state index is 5.97. The molecule has 112 valence electrons. The lowest BCUT2D eigenvalue weighted by Gasteiger charge is -2.22. The highest BCUT2D eigenvalue weighted by Gasteiger charge is 2.11. The number of anilines is 2. The van der Waals surface area contributed by atoms with Crippen molar-refractivity contribution < 1.29 is 4.74 Å². The molecule has 2 rings (SSSR count). The van der Waals surface area contributed by atoms with Crippen LogP contribution in [0.2, 0.25) is 0 Å². The van der Waals surface area contributed by atoms with Crippen molar-refractivity contribution in [2.24, 2.45) is 0 Å². The van der Waals surface area contributed by atoms with Crippen molar-refractivity contribution in [1.29, 1.82) is 0 Å². The first kappa shape index (κ1) is 15.0. The molecule has 1 aliphatic carbocycles. The van der Waals surface area contributed by atoms with Gasteiger partial charge in [-0.05, 0) is 25.3 Å². The summed E-state index contributed by atoms with van der Waals surface area (Å²) in [6.45, 7) is 2.85. The molecule has 0 bridgehead atoms.